The molecule has 1 N–H and O–H groups in total. The zero-order chi connectivity index (χ0) is 33.2. The number of imide groups is 1. The molecular weight excluding hydrogens is 651 g/mol. The third-order valence-electron chi connectivity index (χ3n) is 6.50. The van der Waals surface area contributed by atoms with E-state index in [0.29, 0.717) is 41.5 Å². The average Bonchev–Trinajstić information content (AvgIpc) is 3.28. The lowest BCUT2D eigenvalue weighted by Gasteiger charge is -2.17. The minimum absolute atomic E-state index is 0.0886. The van der Waals surface area contributed by atoms with Crippen LogP contribution in [0.15, 0.2) is 72.2 Å². The highest BCUT2D eigenvalue weighted by Crippen LogP contribution is 2.38. The number of thioether (sulfide) groups is 1. The summed E-state index contributed by atoms with van der Waals surface area (Å²) in [4.78, 5) is 52.2. The zero-order valence-corrected chi connectivity index (χ0v) is 27.6. The zero-order valence-electron chi connectivity index (χ0n) is 25.3. The van der Waals surface area contributed by atoms with Gasteiger partial charge in [-0.15, -0.1) is 6.58 Å². The van der Waals surface area contributed by atoms with Crippen LogP contribution >= 0.6 is 35.0 Å². The normalized spacial score (nSPS) is 13.6. The second kappa shape index (κ2) is 16.4. The van der Waals surface area contributed by atoms with Gasteiger partial charge in [0.1, 0.15) is 13.2 Å². The van der Waals surface area contributed by atoms with Crippen molar-refractivity contribution in [2.24, 2.45) is 0 Å². The Morgan fingerprint density at radius 2 is 1.78 bits per heavy atom. The van der Waals surface area contributed by atoms with Gasteiger partial charge in [0.05, 0.1) is 28.7 Å². The summed E-state index contributed by atoms with van der Waals surface area (Å²) in [6.45, 7) is 7.91. The number of benzene rings is 3. The quantitative estimate of drug-likeness (QED) is 0.104. The monoisotopic (exact) mass is 682 g/mol. The molecule has 0 saturated carbocycles. The van der Waals surface area contributed by atoms with Gasteiger partial charge in [0.2, 0.25) is 5.91 Å². The largest absolute Gasteiger partial charge is 0.490 e. The SMILES string of the molecule is C=CCc1cc(/C=C2\SC(=O)N(CC(=O)Nc3ccc(Cl)c(C(=O)OCCC)c3)C2=O)cc(OCC)c1OCc1ccc(Cl)cc1. The van der Waals surface area contributed by atoms with Gasteiger partial charge in [0.25, 0.3) is 11.1 Å². The van der Waals surface area contributed by atoms with Crippen molar-refractivity contribution in [2.75, 3.05) is 25.1 Å². The molecule has 1 aliphatic rings. The lowest BCUT2D eigenvalue weighted by molar-refractivity contribution is -0.127. The lowest BCUT2D eigenvalue weighted by atomic mass is 10.0. The van der Waals surface area contributed by atoms with E-state index in [4.69, 9.17) is 37.4 Å². The molecule has 3 aromatic carbocycles. The summed E-state index contributed by atoms with van der Waals surface area (Å²) in [7, 11) is 0. The maximum Gasteiger partial charge on any atom is 0.339 e. The van der Waals surface area contributed by atoms with Crippen LogP contribution in [0.1, 0.15) is 47.3 Å². The van der Waals surface area contributed by atoms with Crippen molar-refractivity contribution in [1.82, 2.24) is 4.90 Å². The van der Waals surface area contributed by atoms with Crippen molar-refractivity contribution in [3.05, 3.63) is 104 Å². The summed E-state index contributed by atoms with van der Waals surface area (Å²) in [5.41, 5.74) is 2.66. The molecule has 46 heavy (non-hydrogen) atoms. The van der Waals surface area contributed by atoms with E-state index in [1.54, 1.807) is 30.4 Å². The molecule has 12 heteroatoms. The Morgan fingerprint density at radius 3 is 2.48 bits per heavy atom. The van der Waals surface area contributed by atoms with Crippen LogP contribution < -0.4 is 14.8 Å². The Morgan fingerprint density at radius 1 is 1.02 bits per heavy atom. The van der Waals surface area contributed by atoms with E-state index in [1.165, 1.54) is 18.2 Å². The molecular formula is C34H32Cl2N2O7S. The molecule has 3 amide bonds. The van der Waals surface area contributed by atoms with Gasteiger partial charge in [-0.25, -0.2) is 4.79 Å². The molecule has 1 heterocycles. The number of allylic oxidation sites excluding steroid dienone is 1. The summed E-state index contributed by atoms with van der Waals surface area (Å²) in [5.74, 6) is -0.850. The maximum absolute atomic E-state index is 13.2. The Kier molecular flexibility index (Phi) is 12.3. The molecule has 0 bridgehead atoms. The van der Waals surface area contributed by atoms with Crippen LogP contribution in [0.3, 0.4) is 0 Å². The molecule has 0 spiro atoms. The Hall–Kier alpha value is -4.25. The molecule has 240 valence electrons. The van der Waals surface area contributed by atoms with E-state index in [2.05, 4.69) is 11.9 Å². The molecule has 0 unspecified atom stereocenters. The van der Waals surface area contributed by atoms with Crippen molar-refractivity contribution in [1.29, 1.82) is 0 Å². The first-order chi connectivity index (χ1) is 22.1. The van der Waals surface area contributed by atoms with Crippen LogP contribution in [-0.4, -0.2) is 47.7 Å². The predicted octanol–water partition coefficient (Wildman–Crippen LogP) is 7.94. The molecule has 0 atom stereocenters. The Bertz CT molecular complexity index is 1670. The Balaban J connectivity index is 1.50. The Labute approximate surface area is 281 Å². The van der Waals surface area contributed by atoms with E-state index in [9.17, 15) is 19.2 Å². The van der Waals surface area contributed by atoms with Gasteiger partial charge in [-0.05, 0) is 91.2 Å². The van der Waals surface area contributed by atoms with Crippen molar-refractivity contribution in [3.63, 3.8) is 0 Å². The second-order valence-electron chi connectivity index (χ2n) is 9.99. The molecule has 1 fully saturated rings. The van der Waals surface area contributed by atoms with Gasteiger partial charge in [-0.2, -0.15) is 0 Å². The van der Waals surface area contributed by atoms with Gasteiger partial charge in [-0.1, -0.05) is 48.3 Å². The molecule has 3 aromatic rings. The molecule has 4 rings (SSSR count). The van der Waals surface area contributed by atoms with Crippen LogP contribution in [0, 0.1) is 0 Å². The lowest BCUT2D eigenvalue weighted by Crippen LogP contribution is -2.36. The van der Waals surface area contributed by atoms with Gasteiger partial charge < -0.3 is 19.5 Å². The fraction of sp³-hybridized carbons (Fsp3) is 0.235. The molecule has 1 saturated heterocycles. The molecule has 1 aliphatic heterocycles. The number of nitrogens with one attached hydrogen (secondary N) is 1. The first-order valence-electron chi connectivity index (χ1n) is 14.4. The van der Waals surface area contributed by atoms with Crippen molar-refractivity contribution >= 4 is 69.8 Å². The summed E-state index contributed by atoms with van der Waals surface area (Å²) in [5, 5.41) is 2.80. The van der Waals surface area contributed by atoms with E-state index in [-0.39, 0.29) is 34.4 Å². The number of hydrogen-bond donors (Lipinski definition) is 1. The number of carbonyl (C=O) groups excluding carboxylic acids is 4. The van der Waals surface area contributed by atoms with Crippen molar-refractivity contribution < 1.29 is 33.4 Å². The van der Waals surface area contributed by atoms with Crippen LogP contribution in [0.5, 0.6) is 11.5 Å². The number of rotatable bonds is 14. The summed E-state index contributed by atoms with van der Waals surface area (Å²) < 4.78 is 17.2. The smallest absolute Gasteiger partial charge is 0.339 e. The molecule has 0 aromatic heterocycles. The predicted molar refractivity (Wildman–Crippen MR) is 181 cm³/mol. The summed E-state index contributed by atoms with van der Waals surface area (Å²) in [6, 6.07) is 15.2. The van der Waals surface area contributed by atoms with Crippen molar-refractivity contribution in [2.45, 2.75) is 33.3 Å². The van der Waals surface area contributed by atoms with Gasteiger partial charge in [0.15, 0.2) is 11.5 Å². The van der Waals surface area contributed by atoms with Crippen LogP contribution in [0.2, 0.25) is 10.0 Å². The highest BCUT2D eigenvalue weighted by atomic mass is 35.5. The number of ether oxygens (including phenoxy) is 3. The van der Waals surface area contributed by atoms with E-state index in [1.807, 2.05) is 32.0 Å². The number of anilines is 1. The van der Waals surface area contributed by atoms with Gasteiger partial charge >= 0.3 is 5.97 Å². The van der Waals surface area contributed by atoms with Crippen molar-refractivity contribution in [3.8, 4) is 11.5 Å². The first kappa shape index (κ1) is 34.6. The highest BCUT2D eigenvalue weighted by molar-refractivity contribution is 8.18. The molecule has 9 nitrogen and oxygen atoms in total. The first-order valence-corrected chi connectivity index (χ1v) is 16.0. The van der Waals surface area contributed by atoms with Gasteiger partial charge in [0, 0.05) is 16.3 Å². The highest BCUT2D eigenvalue weighted by Gasteiger charge is 2.36. The van der Waals surface area contributed by atoms with Crippen LogP contribution in [0.4, 0.5) is 10.5 Å². The van der Waals surface area contributed by atoms with E-state index < -0.39 is 29.6 Å². The third kappa shape index (κ3) is 8.93. The second-order valence-corrected chi connectivity index (χ2v) is 11.8. The van der Waals surface area contributed by atoms with E-state index >= 15 is 0 Å². The molecule has 0 radical (unpaired) electrons. The summed E-state index contributed by atoms with van der Waals surface area (Å²) in [6.07, 6.45) is 4.41. The third-order valence-corrected chi connectivity index (χ3v) is 7.98. The standard InChI is InChI=1S/C34H32Cl2N2O7S/c1-4-7-23-15-22(16-28(43-6-3)31(23)45-20-21-8-10-24(35)11-9-21)17-29-32(40)38(34(42)46-29)19-30(39)37-25-12-13-27(36)26(18-25)33(41)44-14-5-2/h4,8-13,15-18H,1,5-7,14,19-20H2,2-3H3,(H,37,39)/b29-17-. The fourth-order valence-electron chi connectivity index (χ4n) is 4.40. The number of amides is 3. The van der Waals surface area contributed by atoms with Crippen LogP contribution in [0.25, 0.3) is 6.08 Å². The van der Waals surface area contributed by atoms with E-state index in [0.717, 1.165) is 27.8 Å². The minimum atomic E-state index is -0.632. The van der Waals surface area contributed by atoms with Gasteiger partial charge in [-0.3, -0.25) is 19.3 Å². The number of halogens is 2. The molecule has 0 aliphatic carbocycles. The number of hydrogen-bond acceptors (Lipinski definition) is 8. The summed E-state index contributed by atoms with van der Waals surface area (Å²) >= 11 is 12.9. The number of esters is 1. The minimum Gasteiger partial charge on any atom is -0.490 e. The van der Waals surface area contributed by atoms with Crippen LogP contribution in [-0.2, 0) is 27.4 Å². The average molecular weight is 684 g/mol. The number of carbonyl (C=O) groups is 4. The fourth-order valence-corrected chi connectivity index (χ4v) is 5.56. The maximum atomic E-state index is 13.2. The topological polar surface area (TPSA) is 111 Å². The number of nitrogens with zero attached hydrogens (tertiary/aromatic N) is 1.